The molecular weight excluding hydrogens is 152 g/mol. The first-order valence-electron chi connectivity index (χ1n) is 4.02. The van der Waals surface area contributed by atoms with Gasteiger partial charge in [-0.3, -0.25) is 4.98 Å². The van der Waals surface area contributed by atoms with Gasteiger partial charge in [0.1, 0.15) is 0 Å². The largest absolute Gasteiger partial charge is 0.391 e. The second-order valence-corrected chi connectivity index (χ2v) is 2.90. The number of aromatic nitrogens is 1. The van der Waals surface area contributed by atoms with E-state index in [9.17, 15) is 5.11 Å². The van der Waals surface area contributed by atoms with Crippen molar-refractivity contribution in [1.82, 2.24) is 4.98 Å². The maximum atomic E-state index is 9.23. The fourth-order valence-corrected chi connectivity index (χ4v) is 0.975. The first-order chi connectivity index (χ1) is 5.72. The van der Waals surface area contributed by atoms with Crippen molar-refractivity contribution in [3.63, 3.8) is 0 Å². The van der Waals surface area contributed by atoms with E-state index in [2.05, 4.69) is 4.98 Å². The minimum Gasteiger partial charge on any atom is -0.391 e. The number of aliphatic hydroxyl groups excluding tert-OH is 1. The summed E-state index contributed by atoms with van der Waals surface area (Å²) in [6, 6.07) is 3.89. The van der Waals surface area contributed by atoms with Gasteiger partial charge < -0.3 is 10.8 Å². The van der Waals surface area contributed by atoms with E-state index >= 15 is 0 Å². The Morgan fingerprint density at radius 2 is 2.33 bits per heavy atom. The molecule has 12 heavy (non-hydrogen) atoms. The maximum absolute atomic E-state index is 9.23. The van der Waals surface area contributed by atoms with Crippen LogP contribution in [0.3, 0.4) is 0 Å². The Bertz CT molecular complexity index is 233. The zero-order valence-corrected chi connectivity index (χ0v) is 7.20. The summed E-state index contributed by atoms with van der Waals surface area (Å²) in [4.78, 5) is 4.11. The molecule has 0 saturated heterocycles. The van der Waals surface area contributed by atoms with E-state index in [0.29, 0.717) is 13.0 Å². The molecule has 0 fully saturated rings. The van der Waals surface area contributed by atoms with Gasteiger partial charge in [0.15, 0.2) is 0 Å². The number of aryl methyl sites for hydroxylation is 1. The molecule has 1 unspecified atom stereocenters. The van der Waals surface area contributed by atoms with E-state index in [1.165, 1.54) is 0 Å². The molecule has 1 heterocycles. The molecule has 0 aliphatic carbocycles. The van der Waals surface area contributed by atoms with Crippen molar-refractivity contribution < 1.29 is 5.11 Å². The lowest BCUT2D eigenvalue weighted by Crippen LogP contribution is -2.21. The zero-order valence-electron chi connectivity index (χ0n) is 7.20. The summed E-state index contributed by atoms with van der Waals surface area (Å²) >= 11 is 0. The smallest absolute Gasteiger partial charge is 0.0703 e. The van der Waals surface area contributed by atoms with Crippen LogP contribution in [0.4, 0.5) is 0 Å². The summed E-state index contributed by atoms with van der Waals surface area (Å²) in [6.07, 6.45) is 1.91. The van der Waals surface area contributed by atoms with E-state index in [1.54, 1.807) is 6.20 Å². The zero-order chi connectivity index (χ0) is 8.97. The van der Waals surface area contributed by atoms with E-state index in [0.717, 1.165) is 11.3 Å². The van der Waals surface area contributed by atoms with Gasteiger partial charge in [-0.2, -0.15) is 0 Å². The molecule has 1 rings (SSSR count). The Morgan fingerprint density at radius 1 is 1.58 bits per heavy atom. The average Bonchev–Trinajstić information content (AvgIpc) is 2.09. The van der Waals surface area contributed by atoms with Crippen LogP contribution >= 0.6 is 0 Å². The lowest BCUT2D eigenvalue weighted by Gasteiger charge is -2.06. The molecule has 0 bridgehead atoms. The van der Waals surface area contributed by atoms with Gasteiger partial charge in [0.25, 0.3) is 0 Å². The molecule has 0 aliphatic heterocycles. The highest BCUT2D eigenvalue weighted by Crippen LogP contribution is 2.02. The summed E-state index contributed by atoms with van der Waals surface area (Å²) in [6.45, 7) is 2.23. The SMILES string of the molecule is Cc1ccc(CC(O)CN)cn1. The van der Waals surface area contributed by atoms with Crippen LogP contribution in [0.5, 0.6) is 0 Å². The minimum absolute atomic E-state index is 0.299. The minimum atomic E-state index is -0.450. The first-order valence-corrected chi connectivity index (χ1v) is 4.02. The third-order valence-corrected chi connectivity index (χ3v) is 1.72. The van der Waals surface area contributed by atoms with Crippen LogP contribution in [-0.4, -0.2) is 22.7 Å². The topological polar surface area (TPSA) is 59.1 Å². The second-order valence-electron chi connectivity index (χ2n) is 2.90. The highest BCUT2D eigenvalue weighted by molar-refractivity contribution is 5.13. The van der Waals surface area contributed by atoms with Gasteiger partial charge in [-0.15, -0.1) is 0 Å². The summed E-state index contributed by atoms with van der Waals surface area (Å²) < 4.78 is 0. The highest BCUT2D eigenvalue weighted by atomic mass is 16.3. The number of hydrogen-bond acceptors (Lipinski definition) is 3. The van der Waals surface area contributed by atoms with E-state index in [4.69, 9.17) is 5.73 Å². The predicted octanol–water partition coefficient (Wildman–Crippen LogP) is 0.252. The van der Waals surface area contributed by atoms with Crippen LogP contribution in [0, 0.1) is 6.92 Å². The monoisotopic (exact) mass is 166 g/mol. The Hall–Kier alpha value is -0.930. The van der Waals surface area contributed by atoms with Crippen LogP contribution in [-0.2, 0) is 6.42 Å². The number of rotatable bonds is 3. The highest BCUT2D eigenvalue weighted by Gasteiger charge is 2.02. The summed E-state index contributed by atoms with van der Waals surface area (Å²) in [7, 11) is 0. The molecule has 3 nitrogen and oxygen atoms in total. The molecule has 0 radical (unpaired) electrons. The molecule has 1 aromatic heterocycles. The van der Waals surface area contributed by atoms with Crippen molar-refractivity contribution in [2.75, 3.05) is 6.54 Å². The van der Waals surface area contributed by atoms with Gasteiger partial charge in [-0.05, 0) is 18.6 Å². The van der Waals surface area contributed by atoms with Crippen LogP contribution < -0.4 is 5.73 Å². The van der Waals surface area contributed by atoms with Crippen LogP contribution in [0.2, 0.25) is 0 Å². The second kappa shape index (κ2) is 4.18. The van der Waals surface area contributed by atoms with Crippen molar-refractivity contribution in [3.8, 4) is 0 Å². The third kappa shape index (κ3) is 2.60. The van der Waals surface area contributed by atoms with Crippen LogP contribution in [0.1, 0.15) is 11.3 Å². The van der Waals surface area contributed by atoms with Crippen LogP contribution in [0.15, 0.2) is 18.3 Å². The molecule has 1 atom stereocenters. The van der Waals surface area contributed by atoms with Gasteiger partial charge in [0.05, 0.1) is 6.10 Å². The Balaban J connectivity index is 2.58. The van der Waals surface area contributed by atoms with Gasteiger partial charge in [-0.1, -0.05) is 6.07 Å². The molecule has 1 aromatic rings. The molecule has 3 heteroatoms. The summed E-state index contributed by atoms with van der Waals surface area (Å²) in [5, 5.41) is 9.23. The van der Waals surface area contributed by atoms with Crippen molar-refractivity contribution in [2.45, 2.75) is 19.4 Å². The summed E-state index contributed by atoms with van der Waals surface area (Å²) in [5.74, 6) is 0. The molecule has 66 valence electrons. The lowest BCUT2D eigenvalue weighted by molar-refractivity contribution is 0.183. The normalized spacial score (nSPS) is 12.9. The number of nitrogens with zero attached hydrogens (tertiary/aromatic N) is 1. The number of hydrogen-bond donors (Lipinski definition) is 2. The standard InChI is InChI=1S/C9H14N2O/c1-7-2-3-8(6-11-7)4-9(12)5-10/h2-3,6,9,12H,4-5,10H2,1H3. The molecule has 0 spiro atoms. The Labute approximate surface area is 72.2 Å². The van der Waals surface area contributed by atoms with Gasteiger partial charge in [0, 0.05) is 24.9 Å². The molecule has 0 amide bonds. The Kier molecular flexibility index (Phi) is 3.19. The molecule has 0 aliphatic rings. The number of nitrogens with two attached hydrogens (primary N) is 1. The van der Waals surface area contributed by atoms with Crippen molar-refractivity contribution in [3.05, 3.63) is 29.6 Å². The third-order valence-electron chi connectivity index (χ3n) is 1.72. The van der Waals surface area contributed by atoms with Gasteiger partial charge in [0.2, 0.25) is 0 Å². The Morgan fingerprint density at radius 3 is 2.83 bits per heavy atom. The van der Waals surface area contributed by atoms with Gasteiger partial charge in [-0.25, -0.2) is 0 Å². The fourth-order valence-electron chi connectivity index (χ4n) is 0.975. The average molecular weight is 166 g/mol. The van der Waals surface area contributed by atoms with Crippen LogP contribution in [0.25, 0.3) is 0 Å². The number of pyridine rings is 1. The van der Waals surface area contributed by atoms with E-state index in [1.807, 2.05) is 19.1 Å². The van der Waals surface area contributed by atoms with Crippen molar-refractivity contribution in [1.29, 1.82) is 0 Å². The molecule has 3 N–H and O–H groups in total. The van der Waals surface area contributed by atoms with Crippen molar-refractivity contribution in [2.24, 2.45) is 5.73 Å². The van der Waals surface area contributed by atoms with Crippen molar-refractivity contribution >= 4 is 0 Å². The fraction of sp³-hybridized carbons (Fsp3) is 0.444. The summed E-state index contributed by atoms with van der Waals surface area (Å²) in [5.41, 5.74) is 7.29. The first kappa shape index (κ1) is 9.16. The molecule has 0 aromatic carbocycles. The predicted molar refractivity (Wildman–Crippen MR) is 47.7 cm³/mol. The molecular formula is C9H14N2O. The number of aliphatic hydroxyl groups is 1. The van der Waals surface area contributed by atoms with E-state index < -0.39 is 6.10 Å². The van der Waals surface area contributed by atoms with Gasteiger partial charge >= 0.3 is 0 Å². The molecule has 0 saturated carbocycles. The maximum Gasteiger partial charge on any atom is 0.0703 e. The van der Waals surface area contributed by atoms with E-state index in [-0.39, 0.29) is 0 Å². The lowest BCUT2D eigenvalue weighted by atomic mass is 10.1. The quantitative estimate of drug-likeness (QED) is 0.676.